The van der Waals surface area contributed by atoms with E-state index in [4.69, 9.17) is 0 Å². The van der Waals surface area contributed by atoms with Crippen LogP contribution in [0.5, 0.6) is 0 Å². The summed E-state index contributed by atoms with van der Waals surface area (Å²) in [5, 5.41) is 18.3. The highest BCUT2D eigenvalue weighted by Crippen LogP contribution is 2.33. The van der Waals surface area contributed by atoms with Gasteiger partial charge in [-0.1, -0.05) is 129 Å². The molecular formula is C32H57N3O4S. The molecule has 0 spiro atoms. The number of amides is 3. The number of carboxylic acids is 1. The molecule has 0 aliphatic heterocycles. The molecule has 0 atom stereocenters. The van der Waals surface area contributed by atoms with E-state index in [0.717, 1.165) is 43.4 Å². The predicted octanol–water partition coefficient (Wildman–Crippen LogP) is 9.45. The third-order valence-corrected chi connectivity index (χ3v) is 8.63. The lowest BCUT2D eigenvalue weighted by molar-refractivity contribution is 0.0697. The number of aromatic carboxylic acids is 1. The number of carbonyl (C=O) groups is 3. The Morgan fingerprint density at radius 2 is 1.02 bits per heavy atom. The Morgan fingerprint density at radius 1 is 0.625 bits per heavy atom. The molecule has 1 aromatic heterocycles. The van der Waals surface area contributed by atoms with E-state index in [2.05, 4.69) is 29.8 Å². The average molecular weight is 580 g/mol. The number of carboxylic acid groups (broad SMARTS) is 1. The summed E-state index contributed by atoms with van der Waals surface area (Å²) in [6.45, 7) is 7.17. The van der Waals surface area contributed by atoms with Gasteiger partial charge in [0, 0.05) is 13.1 Å². The Morgan fingerprint density at radius 3 is 1.45 bits per heavy atom. The summed E-state index contributed by atoms with van der Waals surface area (Å²) in [5.41, 5.74) is 0.376. The van der Waals surface area contributed by atoms with Gasteiger partial charge in [0.2, 0.25) is 0 Å². The van der Waals surface area contributed by atoms with E-state index in [1.165, 1.54) is 96.3 Å². The Hall–Kier alpha value is -2.09. The maximum atomic E-state index is 12.7. The molecule has 1 heterocycles. The maximum absolute atomic E-state index is 12.7. The summed E-state index contributed by atoms with van der Waals surface area (Å²) >= 11 is 1.02. The molecule has 0 aliphatic carbocycles. The lowest BCUT2D eigenvalue weighted by atomic mass is 10.0. The molecule has 0 saturated heterocycles. The zero-order chi connectivity index (χ0) is 29.4. The third-order valence-electron chi connectivity index (χ3n) is 7.43. The molecule has 0 bridgehead atoms. The topological polar surface area (TPSA) is 108 Å². The van der Waals surface area contributed by atoms with E-state index in [-0.39, 0.29) is 16.5 Å². The number of urea groups is 1. The summed E-state index contributed by atoms with van der Waals surface area (Å²) in [4.78, 5) is 37.3. The molecule has 7 nitrogen and oxygen atoms in total. The SMILES string of the molecule is CCCCCCCCCCCCCCCCNC(=O)Nc1sc(C(=O)NCCCCCCCC)c(C)c1C(=O)O. The highest BCUT2D eigenvalue weighted by Gasteiger charge is 2.25. The summed E-state index contributed by atoms with van der Waals surface area (Å²) in [6.07, 6.45) is 24.7. The summed E-state index contributed by atoms with van der Waals surface area (Å²) in [5.74, 6) is -1.43. The van der Waals surface area contributed by atoms with E-state index >= 15 is 0 Å². The van der Waals surface area contributed by atoms with Gasteiger partial charge in [-0.05, 0) is 25.3 Å². The molecule has 1 aromatic rings. The number of thiophene rings is 1. The minimum Gasteiger partial charge on any atom is -0.478 e. The first-order valence-corrected chi connectivity index (χ1v) is 16.9. The molecule has 0 saturated carbocycles. The average Bonchev–Trinajstić information content (AvgIpc) is 3.25. The number of carbonyl (C=O) groups excluding carboxylic acids is 2. The van der Waals surface area contributed by atoms with E-state index in [9.17, 15) is 19.5 Å². The standard InChI is InChI=1S/C32H57N3O4S/c1-4-6-8-10-12-13-14-15-16-17-18-19-21-23-25-34-32(39)35-30-27(31(37)38)26(3)28(40-30)29(36)33-24-22-20-11-9-7-5-2/h4-25H2,1-3H3,(H,33,36)(H,37,38)(H2,34,35,39). The molecule has 40 heavy (non-hydrogen) atoms. The predicted molar refractivity (Wildman–Crippen MR) is 169 cm³/mol. The van der Waals surface area contributed by atoms with Crippen molar-refractivity contribution in [3.63, 3.8) is 0 Å². The molecule has 4 N–H and O–H groups in total. The zero-order valence-corrected chi connectivity index (χ0v) is 26.5. The molecule has 0 fully saturated rings. The van der Waals surface area contributed by atoms with Crippen LogP contribution in [0.4, 0.5) is 9.80 Å². The van der Waals surface area contributed by atoms with Crippen molar-refractivity contribution >= 4 is 34.2 Å². The fourth-order valence-electron chi connectivity index (χ4n) is 4.93. The van der Waals surface area contributed by atoms with Crippen molar-refractivity contribution in [1.29, 1.82) is 0 Å². The van der Waals surface area contributed by atoms with Gasteiger partial charge in [0.25, 0.3) is 5.91 Å². The normalized spacial score (nSPS) is 11.0. The van der Waals surface area contributed by atoms with Gasteiger partial charge in [0.1, 0.15) is 5.00 Å². The van der Waals surface area contributed by atoms with Crippen LogP contribution in [0.3, 0.4) is 0 Å². The van der Waals surface area contributed by atoms with E-state index in [1.807, 2.05) is 0 Å². The molecule has 1 rings (SSSR count). The van der Waals surface area contributed by atoms with Crippen molar-refractivity contribution in [2.75, 3.05) is 18.4 Å². The largest absolute Gasteiger partial charge is 0.478 e. The molecule has 3 amide bonds. The minimum atomic E-state index is -1.15. The van der Waals surface area contributed by atoms with Crippen molar-refractivity contribution in [2.45, 2.75) is 149 Å². The number of anilines is 1. The van der Waals surface area contributed by atoms with Gasteiger partial charge in [-0.25, -0.2) is 9.59 Å². The second kappa shape index (κ2) is 23.6. The number of unbranched alkanes of at least 4 members (excludes halogenated alkanes) is 18. The first-order chi connectivity index (χ1) is 19.4. The second-order valence-corrected chi connectivity index (χ2v) is 12.1. The van der Waals surface area contributed by atoms with Crippen LogP contribution in [0.1, 0.15) is 168 Å². The van der Waals surface area contributed by atoms with Crippen molar-refractivity contribution in [1.82, 2.24) is 10.6 Å². The first-order valence-electron chi connectivity index (χ1n) is 16.1. The molecule has 0 unspecified atom stereocenters. The lowest BCUT2D eigenvalue weighted by Crippen LogP contribution is -2.29. The zero-order valence-electron chi connectivity index (χ0n) is 25.6. The molecule has 0 radical (unpaired) electrons. The number of hydrogen-bond acceptors (Lipinski definition) is 4. The van der Waals surface area contributed by atoms with E-state index in [0.29, 0.717) is 23.5 Å². The fourth-order valence-corrected chi connectivity index (χ4v) is 6.04. The molecule has 0 aliphatic rings. The quantitative estimate of drug-likeness (QED) is 0.0865. The van der Waals surface area contributed by atoms with Crippen LogP contribution < -0.4 is 16.0 Å². The van der Waals surface area contributed by atoms with Crippen molar-refractivity contribution in [2.24, 2.45) is 0 Å². The van der Waals surface area contributed by atoms with Crippen molar-refractivity contribution in [3.8, 4) is 0 Å². The Kier molecular flexibility index (Phi) is 21.2. The van der Waals surface area contributed by atoms with Gasteiger partial charge in [0.15, 0.2) is 0 Å². The molecule has 230 valence electrons. The van der Waals surface area contributed by atoms with Crippen molar-refractivity contribution in [3.05, 3.63) is 16.0 Å². The molecule has 0 aromatic carbocycles. The van der Waals surface area contributed by atoms with Crippen LogP contribution in [-0.2, 0) is 0 Å². The maximum Gasteiger partial charge on any atom is 0.339 e. The smallest absolute Gasteiger partial charge is 0.339 e. The molecule has 8 heteroatoms. The Bertz CT molecular complexity index is 840. The number of nitrogens with one attached hydrogen (secondary N) is 3. The summed E-state index contributed by atoms with van der Waals surface area (Å²) in [6, 6.07) is -0.433. The van der Waals surface area contributed by atoms with Crippen molar-refractivity contribution < 1.29 is 19.5 Å². The number of hydrogen-bond donors (Lipinski definition) is 4. The van der Waals surface area contributed by atoms with Gasteiger partial charge >= 0.3 is 12.0 Å². The van der Waals surface area contributed by atoms with Crippen LogP contribution >= 0.6 is 11.3 Å². The minimum absolute atomic E-state index is 0.0126. The molecular weight excluding hydrogens is 522 g/mol. The van der Waals surface area contributed by atoms with E-state index < -0.39 is 12.0 Å². The van der Waals surface area contributed by atoms with Crippen LogP contribution in [0.15, 0.2) is 0 Å². The van der Waals surface area contributed by atoms with Gasteiger partial charge in [-0.3, -0.25) is 10.1 Å². The Balaban J connectivity index is 2.25. The summed E-state index contributed by atoms with van der Waals surface area (Å²) < 4.78 is 0. The highest BCUT2D eigenvalue weighted by molar-refractivity contribution is 7.18. The van der Waals surface area contributed by atoms with Crippen LogP contribution in [-0.4, -0.2) is 36.1 Å². The highest BCUT2D eigenvalue weighted by atomic mass is 32.1. The van der Waals surface area contributed by atoms with E-state index in [1.54, 1.807) is 6.92 Å². The van der Waals surface area contributed by atoms with Crippen LogP contribution in [0.25, 0.3) is 0 Å². The van der Waals surface area contributed by atoms with Gasteiger partial charge in [0.05, 0.1) is 10.4 Å². The van der Waals surface area contributed by atoms with Gasteiger partial charge in [-0.2, -0.15) is 0 Å². The van der Waals surface area contributed by atoms with Gasteiger partial charge < -0.3 is 15.7 Å². The lowest BCUT2D eigenvalue weighted by Gasteiger charge is -2.07. The first kappa shape index (κ1) is 35.9. The van der Waals surface area contributed by atoms with Crippen LogP contribution in [0.2, 0.25) is 0 Å². The number of rotatable bonds is 25. The summed E-state index contributed by atoms with van der Waals surface area (Å²) in [7, 11) is 0. The van der Waals surface area contributed by atoms with Crippen LogP contribution in [0, 0.1) is 6.92 Å². The Labute approximate surface area is 247 Å². The van der Waals surface area contributed by atoms with Gasteiger partial charge in [-0.15, -0.1) is 11.3 Å². The third kappa shape index (κ3) is 16.2. The second-order valence-electron chi connectivity index (χ2n) is 11.1. The fraction of sp³-hybridized carbons (Fsp3) is 0.781. The monoisotopic (exact) mass is 579 g/mol.